The van der Waals surface area contributed by atoms with E-state index in [4.69, 9.17) is 10.5 Å². The smallest absolute Gasteiger partial charge is 0.215 e. The summed E-state index contributed by atoms with van der Waals surface area (Å²) in [4.78, 5) is 5.64. The summed E-state index contributed by atoms with van der Waals surface area (Å²) in [6.45, 7) is 1.52. The number of rotatable bonds is 1. The van der Waals surface area contributed by atoms with E-state index in [1.807, 2.05) is 0 Å². The van der Waals surface area contributed by atoms with Crippen molar-refractivity contribution in [1.29, 1.82) is 0 Å². The Balaban J connectivity index is 1.96. The second kappa shape index (κ2) is 3.06. The molecule has 0 radical (unpaired) electrons. The van der Waals surface area contributed by atoms with Crippen molar-refractivity contribution in [3.05, 3.63) is 18.2 Å². The van der Waals surface area contributed by atoms with Crippen molar-refractivity contribution in [3.63, 3.8) is 0 Å². The lowest BCUT2D eigenvalue weighted by Gasteiger charge is -2.29. The minimum Gasteiger partial charge on any atom is -0.396 e. The minimum atomic E-state index is -0.483. The Kier molecular flexibility index (Phi) is 1.82. The van der Waals surface area contributed by atoms with Gasteiger partial charge in [0.1, 0.15) is 0 Å². The summed E-state index contributed by atoms with van der Waals surface area (Å²) in [6, 6.07) is 1.75. The third-order valence-corrected chi connectivity index (χ3v) is 3.09. The van der Waals surface area contributed by atoms with E-state index in [9.17, 15) is 4.39 Å². The third-order valence-electron chi connectivity index (χ3n) is 3.09. The highest BCUT2D eigenvalue weighted by molar-refractivity contribution is 5.67. The standard InChI is InChI=1S/C10H12FN3O/c11-10-2-9(8(12)3-13-10)14-4-7-1-6(14)5-15-7/h2-3,6-7H,1,4-5,12H2/t6-,7-/m1/s1. The number of ether oxygens (including phenoxy) is 1. The number of aromatic nitrogens is 1. The van der Waals surface area contributed by atoms with Gasteiger partial charge in [0.15, 0.2) is 0 Å². The maximum Gasteiger partial charge on any atom is 0.215 e. The number of morpholine rings is 1. The van der Waals surface area contributed by atoms with Crippen LogP contribution >= 0.6 is 0 Å². The number of pyridine rings is 1. The normalized spacial score (nSPS) is 28.7. The molecule has 0 spiro atoms. The molecule has 2 aliphatic rings. The molecule has 3 heterocycles. The number of anilines is 2. The zero-order chi connectivity index (χ0) is 10.4. The fraction of sp³-hybridized carbons (Fsp3) is 0.500. The van der Waals surface area contributed by atoms with Crippen molar-refractivity contribution in [2.45, 2.75) is 18.6 Å². The molecule has 0 unspecified atom stereocenters. The number of fused-ring (bicyclic) bond motifs is 2. The fourth-order valence-corrected chi connectivity index (χ4v) is 2.37. The quantitative estimate of drug-likeness (QED) is 0.694. The molecule has 0 aliphatic carbocycles. The molecule has 0 aromatic carbocycles. The molecule has 2 aliphatic heterocycles. The Morgan fingerprint density at radius 2 is 2.47 bits per heavy atom. The molecule has 0 saturated carbocycles. The molecule has 5 heteroatoms. The SMILES string of the molecule is Nc1cnc(F)cc1N1C[C@H]2C[C@@H]1CO2. The van der Waals surface area contributed by atoms with Crippen LogP contribution in [0.3, 0.4) is 0 Å². The highest BCUT2D eigenvalue weighted by atomic mass is 19.1. The van der Waals surface area contributed by atoms with E-state index in [0.717, 1.165) is 18.7 Å². The topological polar surface area (TPSA) is 51.4 Å². The predicted molar refractivity (Wildman–Crippen MR) is 54.1 cm³/mol. The average Bonchev–Trinajstić information content (AvgIpc) is 2.83. The van der Waals surface area contributed by atoms with Gasteiger partial charge in [-0.05, 0) is 6.42 Å². The summed E-state index contributed by atoms with van der Waals surface area (Å²) in [5, 5.41) is 0. The van der Waals surface area contributed by atoms with E-state index in [-0.39, 0.29) is 6.10 Å². The minimum absolute atomic E-state index is 0.283. The molecular weight excluding hydrogens is 197 g/mol. The molecule has 1 aromatic heterocycles. The lowest BCUT2D eigenvalue weighted by molar-refractivity contribution is 0.0991. The van der Waals surface area contributed by atoms with Gasteiger partial charge in [-0.1, -0.05) is 0 Å². The first kappa shape index (κ1) is 8.91. The van der Waals surface area contributed by atoms with Crippen molar-refractivity contribution in [2.24, 2.45) is 0 Å². The molecular formula is C10H12FN3O. The maximum absolute atomic E-state index is 13.0. The predicted octanol–water partition coefficient (Wildman–Crippen LogP) is 0.780. The van der Waals surface area contributed by atoms with Crippen molar-refractivity contribution in [2.75, 3.05) is 23.8 Å². The van der Waals surface area contributed by atoms with E-state index in [0.29, 0.717) is 18.3 Å². The molecule has 80 valence electrons. The van der Waals surface area contributed by atoms with Crippen LogP contribution < -0.4 is 10.6 Å². The van der Waals surface area contributed by atoms with Crippen LogP contribution in [0.25, 0.3) is 0 Å². The van der Waals surface area contributed by atoms with Gasteiger partial charge >= 0.3 is 0 Å². The number of nitrogens with two attached hydrogens (primary N) is 1. The van der Waals surface area contributed by atoms with Crippen LogP contribution in [-0.4, -0.2) is 30.3 Å². The molecule has 3 rings (SSSR count). The maximum atomic E-state index is 13.0. The van der Waals surface area contributed by atoms with Crippen LogP contribution in [0.5, 0.6) is 0 Å². The first-order valence-electron chi connectivity index (χ1n) is 5.03. The van der Waals surface area contributed by atoms with Gasteiger partial charge in [0, 0.05) is 12.6 Å². The molecule has 4 nitrogen and oxygen atoms in total. The summed E-state index contributed by atoms with van der Waals surface area (Å²) in [5.74, 6) is -0.483. The van der Waals surface area contributed by atoms with Crippen molar-refractivity contribution in [1.82, 2.24) is 4.98 Å². The molecule has 2 bridgehead atoms. The summed E-state index contributed by atoms with van der Waals surface area (Å²) in [6.07, 6.45) is 2.67. The molecule has 0 amide bonds. The number of nitrogens with zero attached hydrogens (tertiary/aromatic N) is 2. The van der Waals surface area contributed by atoms with E-state index in [1.54, 1.807) is 0 Å². The van der Waals surface area contributed by atoms with Crippen LogP contribution in [0, 0.1) is 5.95 Å². The third kappa shape index (κ3) is 1.34. The zero-order valence-corrected chi connectivity index (χ0v) is 8.19. The number of nitrogen functional groups attached to an aromatic ring is 1. The molecule has 15 heavy (non-hydrogen) atoms. The Morgan fingerprint density at radius 1 is 1.60 bits per heavy atom. The Bertz CT molecular complexity index is 398. The van der Waals surface area contributed by atoms with Gasteiger partial charge in [0.05, 0.1) is 36.3 Å². The molecule has 2 fully saturated rings. The monoisotopic (exact) mass is 209 g/mol. The van der Waals surface area contributed by atoms with Crippen LogP contribution in [-0.2, 0) is 4.74 Å². The van der Waals surface area contributed by atoms with Crippen molar-refractivity contribution >= 4 is 11.4 Å². The highest BCUT2D eigenvalue weighted by Gasteiger charge is 2.39. The van der Waals surface area contributed by atoms with Crippen LogP contribution in [0.2, 0.25) is 0 Å². The van der Waals surface area contributed by atoms with Crippen molar-refractivity contribution in [3.8, 4) is 0 Å². The largest absolute Gasteiger partial charge is 0.396 e. The summed E-state index contributed by atoms with van der Waals surface area (Å²) >= 11 is 0. The Labute approximate surface area is 86.8 Å². The zero-order valence-electron chi connectivity index (χ0n) is 8.19. The lowest BCUT2D eigenvalue weighted by atomic mass is 10.2. The van der Waals surface area contributed by atoms with Crippen LogP contribution in [0.1, 0.15) is 6.42 Å². The Hall–Kier alpha value is -1.36. The molecule has 2 saturated heterocycles. The average molecular weight is 209 g/mol. The summed E-state index contributed by atoms with van der Waals surface area (Å²) in [5.41, 5.74) is 7.07. The van der Waals surface area contributed by atoms with Gasteiger partial charge in [0.25, 0.3) is 0 Å². The van der Waals surface area contributed by atoms with Gasteiger partial charge in [-0.25, -0.2) is 4.98 Å². The van der Waals surface area contributed by atoms with E-state index in [1.165, 1.54) is 12.3 Å². The van der Waals surface area contributed by atoms with Crippen LogP contribution in [0.4, 0.5) is 15.8 Å². The van der Waals surface area contributed by atoms with E-state index in [2.05, 4.69) is 9.88 Å². The summed E-state index contributed by atoms with van der Waals surface area (Å²) in [7, 11) is 0. The van der Waals surface area contributed by atoms with E-state index < -0.39 is 5.95 Å². The van der Waals surface area contributed by atoms with Gasteiger partial charge in [-0.3, -0.25) is 0 Å². The van der Waals surface area contributed by atoms with Gasteiger partial charge in [0.2, 0.25) is 5.95 Å². The van der Waals surface area contributed by atoms with Crippen LogP contribution in [0.15, 0.2) is 12.3 Å². The van der Waals surface area contributed by atoms with Gasteiger partial charge in [-0.2, -0.15) is 4.39 Å². The van der Waals surface area contributed by atoms with Gasteiger partial charge in [-0.15, -0.1) is 0 Å². The number of hydrogen-bond acceptors (Lipinski definition) is 4. The lowest BCUT2D eigenvalue weighted by Crippen LogP contribution is -2.37. The number of halogens is 1. The summed E-state index contributed by atoms with van der Waals surface area (Å²) < 4.78 is 18.5. The second-order valence-electron chi connectivity index (χ2n) is 4.06. The first-order valence-corrected chi connectivity index (χ1v) is 5.03. The highest BCUT2D eigenvalue weighted by Crippen LogP contribution is 2.35. The fourth-order valence-electron chi connectivity index (χ4n) is 2.37. The van der Waals surface area contributed by atoms with Crippen molar-refractivity contribution < 1.29 is 9.13 Å². The Morgan fingerprint density at radius 3 is 3.13 bits per heavy atom. The molecule has 2 atom stereocenters. The van der Waals surface area contributed by atoms with E-state index >= 15 is 0 Å². The van der Waals surface area contributed by atoms with Gasteiger partial charge < -0.3 is 15.4 Å². The second-order valence-corrected chi connectivity index (χ2v) is 4.06. The first-order chi connectivity index (χ1) is 7.24. The molecule has 1 aromatic rings. The molecule has 2 N–H and O–H groups in total. The number of hydrogen-bond donors (Lipinski definition) is 1.